The molecule has 0 spiro atoms. The number of rotatable bonds is 9. The molecule has 11 nitrogen and oxygen atoms in total. The molecule has 28 heavy (non-hydrogen) atoms. The molecule has 0 aliphatic rings. The molecule has 154 valence electrons. The molecule has 0 aliphatic carbocycles. The molecule has 2 atom stereocenters. The van der Waals surface area contributed by atoms with Gasteiger partial charge in [-0.1, -0.05) is 6.07 Å². The second-order valence-electron chi connectivity index (χ2n) is 6.84. The van der Waals surface area contributed by atoms with E-state index in [4.69, 9.17) is 16.2 Å². The molecule has 0 aliphatic heterocycles. The van der Waals surface area contributed by atoms with Gasteiger partial charge in [-0.05, 0) is 24.6 Å². The number of esters is 1. The van der Waals surface area contributed by atoms with E-state index in [1.807, 2.05) is 0 Å². The lowest BCUT2D eigenvalue weighted by atomic mass is 9.89. The molecule has 0 heterocycles. The van der Waals surface area contributed by atoms with Gasteiger partial charge in [-0.3, -0.25) is 14.9 Å². The van der Waals surface area contributed by atoms with E-state index >= 15 is 0 Å². The molecule has 0 aromatic heterocycles. The van der Waals surface area contributed by atoms with Crippen LogP contribution in [0.3, 0.4) is 0 Å². The predicted octanol–water partition coefficient (Wildman–Crippen LogP) is -0.984. The zero-order valence-corrected chi connectivity index (χ0v) is 15.9. The molecule has 1 aromatic carbocycles. The van der Waals surface area contributed by atoms with Crippen LogP contribution in [-0.4, -0.2) is 60.7 Å². The molecule has 2 amide bonds. The van der Waals surface area contributed by atoms with E-state index in [1.54, 1.807) is 0 Å². The maximum Gasteiger partial charge on any atom is 0.413 e. The molecule has 4 N–H and O–H groups in total. The summed E-state index contributed by atoms with van der Waals surface area (Å²) in [6.07, 6.45) is -1.08. The fraction of sp³-hybridized carbons (Fsp3) is 0.471. The lowest BCUT2D eigenvalue weighted by molar-refractivity contribution is -0.811. The van der Waals surface area contributed by atoms with Gasteiger partial charge in [-0.15, -0.1) is 0 Å². The van der Waals surface area contributed by atoms with Gasteiger partial charge in [-0.25, -0.2) is 9.28 Å². The fourth-order valence-electron chi connectivity index (χ4n) is 2.78. The summed E-state index contributed by atoms with van der Waals surface area (Å²) < 4.78 is 4.60. The van der Waals surface area contributed by atoms with Crippen molar-refractivity contribution in [2.45, 2.75) is 25.4 Å². The molecule has 0 fully saturated rings. The standard InChI is InChI=1S/C17H24N4O7/c1-10(22)28-14(9-21(2,3)17(19)25)15(16(23)24)12-8-11(6-7-18)4-5-13(12)20(26)27/h4-5,8,14-15H,6-7,9,18H2,1-3H3,(H2-,19,23,24,25). The molecular weight excluding hydrogens is 372 g/mol. The molecule has 0 bridgehead atoms. The van der Waals surface area contributed by atoms with Crippen LogP contribution in [0.4, 0.5) is 10.5 Å². The monoisotopic (exact) mass is 396 g/mol. The van der Waals surface area contributed by atoms with Crippen molar-refractivity contribution in [3.63, 3.8) is 0 Å². The van der Waals surface area contributed by atoms with E-state index < -0.39 is 45.1 Å². The zero-order valence-electron chi connectivity index (χ0n) is 15.9. The Morgan fingerprint density at radius 3 is 2.32 bits per heavy atom. The Morgan fingerprint density at radius 2 is 1.89 bits per heavy atom. The quantitative estimate of drug-likeness (QED) is 0.231. The highest BCUT2D eigenvalue weighted by Crippen LogP contribution is 2.32. The van der Waals surface area contributed by atoms with Crippen molar-refractivity contribution in [2.24, 2.45) is 11.5 Å². The number of carboxylic acid groups (broad SMARTS) is 1. The Labute approximate surface area is 161 Å². The van der Waals surface area contributed by atoms with Crippen LogP contribution in [0.2, 0.25) is 0 Å². The summed E-state index contributed by atoms with van der Waals surface area (Å²) in [5.74, 6) is -4.20. The Balaban J connectivity index is 3.58. The SMILES string of the molecule is CC(=O)OC(C[N+](C)(C)C(N)=O)C(C(=O)[O-])c1cc(CCN)ccc1[N+](=O)[O-]. The number of hydrogen-bond donors (Lipinski definition) is 2. The third-order valence-electron chi connectivity index (χ3n) is 4.23. The number of nitrogens with two attached hydrogens (primary N) is 2. The highest BCUT2D eigenvalue weighted by atomic mass is 16.6. The first kappa shape index (κ1) is 23.0. The highest BCUT2D eigenvalue weighted by molar-refractivity contribution is 5.78. The van der Waals surface area contributed by atoms with Gasteiger partial charge >= 0.3 is 12.0 Å². The van der Waals surface area contributed by atoms with E-state index in [1.165, 1.54) is 26.2 Å². The number of primary amides is 1. The second-order valence-corrected chi connectivity index (χ2v) is 6.84. The minimum Gasteiger partial charge on any atom is -0.549 e. The number of nitro benzene ring substituents is 1. The number of aliphatic carboxylic acids is 1. The smallest absolute Gasteiger partial charge is 0.413 e. The predicted molar refractivity (Wildman–Crippen MR) is 95.7 cm³/mol. The summed E-state index contributed by atoms with van der Waals surface area (Å²) in [5.41, 5.74) is 10.7. The fourth-order valence-corrected chi connectivity index (χ4v) is 2.78. The van der Waals surface area contributed by atoms with Gasteiger partial charge in [0.05, 0.1) is 30.9 Å². The molecule has 0 radical (unpaired) electrons. The molecule has 1 rings (SSSR count). The number of nitro groups is 1. The number of carboxylic acids is 1. The number of ether oxygens (including phenoxy) is 1. The van der Waals surface area contributed by atoms with Crippen molar-refractivity contribution >= 4 is 23.7 Å². The molecule has 2 unspecified atom stereocenters. The van der Waals surface area contributed by atoms with Crippen LogP contribution in [0.1, 0.15) is 24.0 Å². The summed E-state index contributed by atoms with van der Waals surface area (Å²) in [6, 6.07) is 3.15. The number of benzene rings is 1. The average molecular weight is 396 g/mol. The number of urea groups is 1. The first-order valence-corrected chi connectivity index (χ1v) is 8.39. The van der Waals surface area contributed by atoms with E-state index in [0.717, 1.165) is 13.0 Å². The van der Waals surface area contributed by atoms with Crippen molar-refractivity contribution in [1.82, 2.24) is 0 Å². The number of amides is 2. The van der Waals surface area contributed by atoms with Gasteiger partial charge in [0, 0.05) is 18.6 Å². The third-order valence-corrected chi connectivity index (χ3v) is 4.23. The van der Waals surface area contributed by atoms with Crippen LogP contribution in [-0.2, 0) is 20.7 Å². The topological polar surface area (TPSA) is 179 Å². The van der Waals surface area contributed by atoms with Crippen LogP contribution in [0.25, 0.3) is 0 Å². The minimum atomic E-state index is -1.70. The van der Waals surface area contributed by atoms with Crippen molar-refractivity contribution in [3.8, 4) is 0 Å². The van der Waals surface area contributed by atoms with Gasteiger partial charge in [0.15, 0.2) is 6.10 Å². The number of hydrogen-bond acceptors (Lipinski definition) is 8. The third kappa shape index (κ3) is 5.72. The van der Waals surface area contributed by atoms with Crippen molar-refractivity contribution in [3.05, 3.63) is 39.4 Å². The Morgan fingerprint density at radius 1 is 1.29 bits per heavy atom. The zero-order chi connectivity index (χ0) is 21.6. The highest BCUT2D eigenvalue weighted by Gasteiger charge is 2.39. The Kier molecular flexibility index (Phi) is 7.59. The van der Waals surface area contributed by atoms with Crippen molar-refractivity contribution in [2.75, 3.05) is 27.2 Å². The molecule has 11 heteroatoms. The Hall–Kier alpha value is -3.05. The molecule has 0 saturated carbocycles. The van der Waals surface area contributed by atoms with E-state index in [0.29, 0.717) is 12.0 Å². The van der Waals surface area contributed by atoms with Crippen LogP contribution in [0.15, 0.2) is 18.2 Å². The average Bonchev–Trinajstić information content (AvgIpc) is 2.53. The molecular formula is C17H24N4O7. The summed E-state index contributed by atoms with van der Waals surface area (Å²) in [4.78, 5) is 45.8. The van der Waals surface area contributed by atoms with Crippen molar-refractivity contribution < 1.29 is 33.6 Å². The number of carbonyl (C=O) groups is 3. The lowest BCUT2D eigenvalue weighted by Crippen LogP contribution is -2.56. The molecule has 0 saturated heterocycles. The number of likely N-dealkylation sites (N-methyl/N-ethyl adjacent to an activating group) is 1. The van der Waals surface area contributed by atoms with Crippen LogP contribution in [0, 0.1) is 10.1 Å². The summed E-state index contributed by atoms with van der Waals surface area (Å²) in [6.45, 7) is 0.973. The maximum absolute atomic E-state index is 11.9. The largest absolute Gasteiger partial charge is 0.549 e. The number of quaternary nitrogens is 1. The van der Waals surface area contributed by atoms with Gasteiger partial charge in [0.2, 0.25) is 0 Å². The number of carbonyl (C=O) groups excluding carboxylic acids is 3. The van der Waals surface area contributed by atoms with Gasteiger partial charge in [0.25, 0.3) is 5.69 Å². The summed E-state index contributed by atoms with van der Waals surface area (Å²) >= 11 is 0. The van der Waals surface area contributed by atoms with Gasteiger partial charge < -0.3 is 26.1 Å². The normalized spacial score (nSPS) is 13.4. The molecule has 1 aromatic rings. The second kappa shape index (κ2) is 9.24. The summed E-state index contributed by atoms with van der Waals surface area (Å²) in [5, 5.41) is 23.4. The number of nitrogens with zero attached hydrogens (tertiary/aromatic N) is 2. The first-order valence-electron chi connectivity index (χ1n) is 8.39. The maximum atomic E-state index is 11.9. The van der Waals surface area contributed by atoms with E-state index in [2.05, 4.69) is 0 Å². The van der Waals surface area contributed by atoms with E-state index in [9.17, 15) is 29.6 Å². The van der Waals surface area contributed by atoms with Crippen LogP contribution < -0.4 is 16.6 Å². The van der Waals surface area contributed by atoms with Crippen LogP contribution >= 0.6 is 0 Å². The Bertz CT molecular complexity index is 779. The van der Waals surface area contributed by atoms with E-state index in [-0.39, 0.29) is 18.7 Å². The first-order chi connectivity index (χ1) is 12.9. The van der Waals surface area contributed by atoms with Gasteiger partial charge in [0.1, 0.15) is 6.54 Å². The van der Waals surface area contributed by atoms with Crippen LogP contribution in [0.5, 0.6) is 0 Å². The van der Waals surface area contributed by atoms with Gasteiger partial charge in [-0.2, -0.15) is 0 Å². The minimum absolute atomic E-state index is 0.202. The summed E-state index contributed by atoms with van der Waals surface area (Å²) in [7, 11) is 2.79. The van der Waals surface area contributed by atoms with Crippen molar-refractivity contribution in [1.29, 1.82) is 0 Å². The lowest BCUT2D eigenvalue weighted by Gasteiger charge is -2.33.